The largest absolute Gasteiger partial charge is 0.461 e. The Morgan fingerprint density at radius 2 is 2.04 bits per heavy atom. The maximum Gasteiger partial charge on any atom is 0.357 e. The molecular formula is C18H17N3O2. The highest BCUT2D eigenvalue weighted by atomic mass is 16.5. The van der Waals surface area contributed by atoms with E-state index in [1.54, 1.807) is 25.4 Å². The minimum absolute atomic E-state index is 0.293. The van der Waals surface area contributed by atoms with Crippen molar-refractivity contribution in [3.63, 3.8) is 0 Å². The lowest BCUT2D eigenvalue weighted by Crippen LogP contribution is -2.10. The van der Waals surface area contributed by atoms with Gasteiger partial charge in [0.1, 0.15) is 5.82 Å². The standard InChI is InChI=1S/C18H17N3O2/c1-2-23-18(22)16-10-14-8-9-19-12-15(14)17(21-16)20-11-13-6-4-3-5-7-13/h3-10,12H,2,11H2,1H3,(H,20,21). The van der Waals surface area contributed by atoms with Gasteiger partial charge in [-0.1, -0.05) is 30.3 Å². The van der Waals surface area contributed by atoms with Crippen LogP contribution < -0.4 is 5.32 Å². The maximum atomic E-state index is 12.0. The lowest BCUT2D eigenvalue weighted by molar-refractivity contribution is 0.0520. The lowest BCUT2D eigenvalue weighted by atomic mass is 10.1. The van der Waals surface area contributed by atoms with Crippen LogP contribution in [0.5, 0.6) is 0 Å². The van der Waals surface area contributed by atoms with Gasteiger partial charge in [0.2, 0.25) is 0 Å². The van der Waals surface area contributed by atoms with E-state index in [2.05, 4.69) is 15.3 Å². The summed E-state index contributed by atoms with van der Waals surface area (Å²) in [5, 5.41) is 5.05. The summed E-state index contributed by atoms with van der Waals surface area (Å²) in [4.78, 5) is 20.5. The van der Waals surface area contributed by atoms with Gasteiger partial charge < -0.3 is 10.1 Å². The van der Waals surface area contributed by atoms with Crippen LogP contribution in [-0.4, -0.2) is 22.5 Å². The third-order valence-corrected chi connectivity index (χ3v) is 3.42. The third kappa shape index (κ3) is 3.45. The average Bonchev–Trinajstić information content (AvgIpc) is 2.60. The minimum atomic E-state index is -0.422. The SMILES string of the molecule is CCOC(=O)c1cc2ccncc2c(NCc2ccccc2)n1. The quantitative estimate of drug-likeness (QED) is 0.732. The molecule has 0 aliphatic carbocycles. The summed E-state index contributed by atoms with van der Waals surface area (Å²) in [5.74, 6) is 0.205. The predicted octanol–water partition coefficient (Wildman–Crippen LogP) is 3.42. The molecule has 0 atom stereocenters. The molecule has 0 fully saturated rings. The lowest BCUT2D eigenvalue weighted by Gasteiger charge is -2.11. The topological polar surface area (TPSA) is 64.1 Å². The van der Waals surface area contributed by atoms with Crippen LogP contribution in [0.1, 0.15) is 23.0 Å². The Kier molecular flexibility index (Phi) is 4.47. The second-order valence-electron chi connectivity index (χ2n) is 5.01. The maximum absolute atomic E-state index is 12.0. The minimum Gasteiger partial charge on any atom is -0.461 e. The molecule has 23 heavy (non-hydrogen) atoms. The fraction of sp³-hybridized carbons (Fsp3) is 0.167. The highest BCUT2D eigenvalue weighted by molar-refractivity contribution is 5.97. The molecular weight excluding hydrogens is 290 g/mol. The number of nitrogens with one attached hydrogen (secondary N) is 1. The van der Waals surface area contributed by atoms with E-state index in [4.69, 9.17) is 4.74 Å². The van der Waals surface area contributed by atoms with E-state index >= 15 is 0 Å². The number of nitrogens with zero attached hydrogens (tertiary/aromatic N) is 2. The molecule has 0 spiro atoms. The van der Waals surface area contributed by atoms with Crippen LogP contribution in [-0.2, 0) is 11.3 Å². The van der Waals surface area contributed by atoms with E-state index in [0.717, 1.165) is 16.3 Å². The first kappa shape index (κ1) is 15.0. The van der Waals surface area contributed by atoms with Gasteiger partial charge in [0.25, 0.3) is 0 Å². The molecule has 0 unspecified atom stereocenters. The number of ether oxygens (including phenoxy) is 1. The normalized spacial score (nSPS) is 10.5. The number of pyridine rings is 2. The molecule has 0 aliphatic heterocycles. The van der Waals surface area contributed by atoms with Crippen LogP contribution in [0.2, 0.25) is 0 Å². The highest BCUT2D eigenvalue weighted by Gasteiger charge is 2.13. The number of rotatable bonds is 5. The van der Waals surface area contributed by atoms with E-state index in [1.807, 2.05) is 36.4 Å². The second-order valence-corrected chi connectivity index (χ2v) is 5.01. The van der Waals surface area contributed by atoms with Gasteiger partial charge in [-0.2, -0.15) is 0 Å². The van der Waals surface area contributed by atoms with Gasteiger partial charge >= 0.3 is 5.97 Å². The summed E-state index contributed by atoms with van der Waals surface area (Å²) in [6.07, 6.45) is 3.43. The van der Waals surface area contributed by atoms with Gasteiger partial charge in [0.15, 0.2) is 5.69 Å². The Bertz CT molecular complexity index is 819. The van der Waals surface area contributed by atoms with Crippen LogP contribution in [0, 0.1) is 0 Å². The molecule has 5 heteroatoms. The molecule has 0 saturated carbocycles. The Morgan fingerprint density at radius 1 is 1.22 bits per heavy atom. The number of carbonyl (C=O) groups excluding carboxylic acids is 1. The van der Waals surface area contributed by atoms with Crippen molar-refractivity contribution in [2.75, 3.05) is 11.9 Å². The van der Waals surface area contributed by atoms with E-state index < -0.39 is 5.97 Å². The monoisotopic (exact) mass is 307 g/mol. The van der Waals surface area contributed by atoms with Gasteiger partial charge in [-0.3, -0.25) is 4.98 Å². The number of fused-ring (bicyclic) bond motifs is 1. The molecule has 0 radical (unpaired) electrons. The molecule has 1 aromatic carbocycles. The van der Waals surface area contributed by atoms with Gasteiger partial charge in [-0.15, -0.1) is 0 Å². The molecule has 1 N–H and O–H groups in total. The van der Waals surface area contributed by atoms with Crippen molar-refractivity contribution in [3.05, 3.63) is 66.1 Å². The fourth-order valence-corrected chi connectivity index (χ4v) is 2.32. The molecule has 0 aliphatic rings. The first-order valence-corrected chi connectivity index (χ1v) is 7.47. The zero-order valence-corrected chi connectivity index (χ0v) is 12.8. The molecule has 3 aromatic rings. The highest BCUT2D eigenvalue weighted by Crippen LogP contribution is 2.22. The zero-order valence-electron chi connectivity index (χ0n) is 12.8. The number of benzene rings is 1. The summed E-state index contributed by atoms with van der Waals surface area (Å²) < 4.78 is 5.05. The smallest absolute Gasteiger partial charge is 0.357 e. The van der Waals surface area contributed by atoms with Crippen molar-refractivity contribution in [3.8, 4) is 0 Å². The van der Waals surface area contributed by atoms with Crippen molar-refractivity contribution in [1.29, 1.82) is 0 Å². The third-order valence-electron chi connectivity index (χ3n) is 3.42. The van der Waals surface area contributed by atoms with Crippen molar-refractivity contribution in [2.24, 2.45) is 0 Å². The van der Waals surface area contributed by atoms with Gasteiger partial charge in [-0.25, -0.2) is 9.78 Å². The van der Waals surface area contributed by atoms with Crippen LogP contribution in [0.15, 0.2) is 54.9 Å². The number of aromatic nitrogens is 2. The van der Waals surface area contributed by atoms with E-state index in [-0.39, 0.29) is 0 Å². The van der Waals surface area contributed by atoms with Gasteiger partial charge in [0.05, 0.1) is 6.61 Å². The number of anilines is 1. The van der Waals surface area contributed by atoms with Crippen molar-refractivity contribution < 1.29 is 9.53 Å². The number of hydrogen-bond donors (Lipinski definition) is 1. The molecule has 5 nitrogen and oxygen atoms in total. The summed E-state index contributed by atoms with van der Waals surface area (Å²) in [6, 6.07) is 13.6. The van der Waals surface area contributed by atoms with Gasteiger partial charge in [0, 0.05) is 24.3 Å². The van der Waals surface area contributed by atoms with Crippen molar-refractivity contribution in [2.45, 2.75) is 13.5 Å². The molecule has 2 aromatic heterocycles. The predicted molar refractivity (Wildman–Crippen MR) is 89.3 cm³/mol. The molecule has 0 saturated heterocycles. The molecule has 3 rings (SSSR count). The average molecular weight is 307 g/mol. The van der Waals surface area contributed by atoms with Crippen LogP contribution in [0.4, 0.5) is 5.82 Å². The van der Waals surface area contributed by atoms with E-state index in [1.165, 1.54) is 0 Å². The second kappa shape index (κ2) is 6.87. The summed E-state index contributed by atoms with van der Waals surface area (Å²) in [6.45, 7) is 2.71. The number of carbonyl (C=O) groups is 1. The first-order chi connectivity index (χ1) is 11.3. The Balaban J connectivity index is 1.95. The fourth-order valence-electron chi connectivity index (χ4n) is 2.32. The molecule has 0 bridgehead atoms. The van der Waals surface area contributed by atoms with Crippen LogP contribution >= 0.6 is 0 Å². The van der Waals surface area contributed by atoms with Crippen molar-refractivity contribution in [1.82, 2.24) is 9.97 Å². The summed E-state index contributed by atoms with van der Waals surface area (Å²) >= 11 is 0. The number of esters is 1. The Labute approximate surface area is 134 Å². The first-order valence-electron chi connectivity index (χ1n) is 7.47. The Hall–Kier alpha value is -2.95. The van der Waals surface area contributed by atoms with E-state index in [9.17, 15) is 4.79 Å². The summed E-state index contributed by atoms with van der Waals surface area (Å²) in [7, 11) is 0. The van der Waals surface area contributed by atoms with Crippen molar-refractivity contribution >= 4 is 22.6 Å². The van der Waals surface area contributed by atoms with Gasteiger partial charge in [-0.05, 0) is 30.0 Å². The zero-order chi connectivity index (χ0) is 16.1. The van der Waals surface area contributed by atoms with Crippen LogP contribution in [0.3, 0.4) is 0 Å². The molecule has 2 heterocycles. The van der Waals surface area contributed by atoms with Crippen LogP contribution in [0.25, 0.3) is 10.8 Å². The number of hydrogen-bond acceptors (Lipinski definition) is 5. The van der Waals surface area contributed by atoms with E-state index in [0.29, 0.717) is 24.7 Å². The Morgan fingerprint density at radius 3 is 2.83 bits per heavy atom. The summed E-state index contributed by atoms with van der Waals surface area (Å²) in [5.41, 5.74) is 1.42. The molecule has 0 amide bonds. The molecule has 116 valence electrons.